The SMILES string of the molecule is COC(=O)N1[C@@H]2CC[C@H]1CC(O)(C#Cc1ccc(F)cc1)C2. The molecule has 22 heavy (non-hydrogen) atoms. The summed E-state index contributed by atoms with van der Waals surface area (Å²) in [5.74, 6) is 5.51. The number of rotatable bonds is 0. The van der Waals surface area contributed by atoms with Crippen molar-refractivity contribution in [3.63, 3.8) is 0 Å². The maximum absolute atomic E-state index is 12.9. The molecule has 116 valence electrons. The number of ether oxygens (including phenoxy) is 1. The van der Waals surface area contributed by atoms with E-state index in [1.165, 1.54) is 19.2 Å². The first-order chi connectivity index (χ1) is 10.5. The van der Waals surface area contributed by atoms with Gasteiger partial charge in [0.2, 0.25) is 0 Å². The molecule has 2 heterocycles. The standard InChI is InChI=1S/C17H18FNO3/c1-22-16(20)19-14-6-7-15(19)11-17(21,10-14)9-8-12-2-4-13(18)5-3-12/h2-5,14-15,21H,6-7,10-11H2,1H3/t14-,15+,17?. The highest BCUT2D eigenvalue weighted by atomic mass is 19.1. The molecule has 2 aliphatic rings. The number of piperidine rings is 1. The number of carbonyl (C=O) groups is 1. The fraction of sp³-hybridized carbons (Fsp3) is 0.471. The summed E-state index contributed by atoms with van der Waals surface area (Å²) in [6, 6.07) is 5.81. The summed E-state index contributed by atoms with van der Waals surface area (Å²) < 4.78 is 17.7. The van der Waals surface area contributed by atoms with Crippen molar-refractivity contribution in [2.75, 3.05) is 7.11 Å². The number of hydrogen-bond donors (Lipinski definition) is 1. The Hall–Kier alpha value is -2.06. The molecule has 1 aromatic rings. The van der Waals surface area contributed by atoms with Gasteiger partial charge in [-0.3, -0.25) is 0 Å². The van der Waals surface area contributed by atoms with Gasteiger partial charge in [0.25, 0.3) is 0 Å². The Bertz CT molecular complexity index is 618. The number of fused-ring (bicyclic) bond motifs is 2. The Labute approximate surface area is 128 Å². The fourth-order valence-corrected chi connectivity index (χ4v) is 3.45. The first kappa shape index (κ1) is 14.9. The number of nitrogens with zero attached hydrogens (tertiary/aromatic N) is 1. The number of hydrogen-bond acceptors (Lipinski definition) is 3. The monoisotopic (exact) mass is 303 g/mol. The molecule has 1 amide bonds. The van der Waals surface area contributed by atoms with Crippen LogP contribution in [0.2, 0.25) is 0 Å². The second-order valence-corrected chi connectivity index (χ2v) is 5.96. The van der Waals surface area contributed by atoms with Crippen LogP contribution in [0.1, 0.15) is 31.2 Å². The Morgan fingerprint density at radius 3 is 2.45 bits per heavy atom. The van der Waals surface area contributed by atoms with E-state index in [1.807, 2.05) is 0 Å². The van der Waals surface area contributed by atoms with Crippen LogP contribution in [0.5, 0.6) is 0 Å². The summed E-state index contributed by atoms with van der Waals surface area (Å²) in [5.41, 5.74) is -0.442. The molecule has 4 nitrogen and oxygen atoms in total. The van der Waals surface area contributed by atoms with Crippen molar-refractivity contribution in [3.05, 3.63) is 35.6 Å². The van der Waals surface area contributed by atoms with Gasteiger partial charge in [-0.1, -0.05) is 11.8 Å². The summed E-state index contributed by atoms with van der Waals surface area (Å²) >= 11 is 0. The van der Waals surface area contributed by atoms with Crippen LogP contribution in [0.25, 0.3) is 0 Å². The van der Waals surface area contributed by atoms with Gasteiger partial charge in [-0.2, -0.15) is 0 Å². The van der Waals surface area contributed by atoms with Gasteiger partial charge in [-0.15, -0.1) is 0 Å². The lowest BCUT2D eigenvalue weighted by Crippen LogP contribution is -2.52. The van der Waals surface area contributed by atoms with Crippen molar-refractivity contribution >= 4 is 6.09 Å². The topological polar surface area (TPSA) is 49.8 Å². The van der Waals surface area contributed by atoms with Gasteiger partial charge in [-0.05, 0) is 37.1 Å². The summed E-state index contributed by atoms with van der Waals surface area (Å²) in [6.45, 7) is 0. The quantitative estimate of drug-likeness (QED) is 0.748. The zero-order valence-corrected chi connectivity index (χ0v) is 12.4. The maximum Gasteiger partial charge on any atom is 0.409 e. The molecule has 0 spiro atoms. The first-order valence-corrected chi connectivity index (χ1v) is 7.38. The zero-order valence-electron chi connectivity index (χ0n) is 12.4. The van der Waals surface area contributed by atoms with Crippen molar-refractivity contribution in [1.82, 2.24) is 4.90 Å². The third-order valence-electron chi connectivity index (χ3n) is 4.44. The molecule has 2 fully saturated rings. The summed E-state index contributed by atoms with van der Waals surface area (Å²) in [5, 5.41) is 10.7. The van der Waals surface area contributed by atoms with Crippen LogP contribution in [-0.2, 0) is 4.74 Å². The number of benzene rings is 1. The number of halogens is 1. The molecule has 5 heteroatoms. The van der Waals surface area contributed by atoms with E-state index >= 15 is 0 Å². The van der Waals surface area contributed by atoms with Crippen LogP contribution in [-0.4, -0.2) is 40.9 Å². The van der Waals surface area contributed by atoms with E-state index in [0.717, 1.165) is 12.8 Å². The Balaban J connectivity index is 1.77. The molecule has 2 aliphatic heterocycles. The molecular formula is C17H18FNO3. The van der Waals surface area contributed by atoms with Gasteiger partial charge in [0.1, 0.15) is 11.4 Å². The molecule has 1 aromatic carbocycles. The zero-order chi connectivity index (χ0) is 15.7. The summed E-state index contributed by atoms with van der Waals surface area (Å²) in [4.78, 5) is 13.5. The maximum atomic E-state index is 12.9. The lowest BCUT2D eigenvalue weighted by atomic mass is 9.86. The summed E-state index contributed by atoms with van der Waals surface area (Å²) in [6.07, 6.45) is 2.24. The predicted octanol–water partition coefficient (Wildman–Crippen LogP) is 2.30. The van der Waals surface area contributed by atoms with E-state index in [9.17, 15) is 14.3 Å². The minimum atomic E-state index is -1.11. The first-order valence-electron chi connectivity index (χ1n) is 7.38. The van der Waals surface area contributed by atoms with Crippen LogP contribution in [0.3, 0.4) is 0 Å². The molecular weight excluding hydrogens is 285 g/mol. The van der Waals surface area contributed by atoms with Crippen molar-refractivity contribution in [3.8, 4) is 11.8 Å². The molecule has 0 radical (unpaired) electrons. The number of amides is 1. The average Bonchev–Trinajstić information content (AvgIpc) is 2.79. The van der Waals surface area contributed by atoms with Gasteiger partial charge in [-0.25, -0.2) is 9.18 Å². The highest BCUT2D eigenvalue weighted by Gasteiger charge is 2.49. The molecule has 1 unspecified atom stereocenters. The van der Waals surface area contributed by atoms with Crippen LogP contribution in [0, 0.1) is 17.7 Å². The second kappa shape index (κ2) is 5.62. The van der Waals surface area contributed by atoms with Gasteiger partial charge in [0.05, 0.1) is 7.11 Å². The predicted molar refractivity (Wildman–Crippen MR) is 78.5 cm³/mol. The van der Waals surface area contributed by atoms with Crippen LogP contribution in [0.15, 0.2) is 24.3 Å². The number of methoxy groups -OCH3 is 1. The highest BCUT2D eigenvalue weighted by Crippen LogP contribution is 2.40. The molecule has 2 bridgehead atoms. The lowest BCUT2D eigenvalue weighted by Gasteiger charge is -2.40. The van der Waals surface area contributed by atoms with E-state index in [0.29, 0.717) is 18.4 Å². The molecule has 0 saturated carbocycles. The van der Waals surface area contributed by atoms with Crippen molar-refractivity contribution in [2.45, 2.75) is 43.4 Å². The Morgan fingerprint density at radius 1 is 1.32 bits per heavy atom. The molecule has 0 aromatic heterocycles. The van der Waals surface area contributed by atoms with E-state index in [1.54, 1.807) is 17.0 Å². The van der Waals surface area contributed by atoms with Gasteiger partial charge in [0, 0.05) is 30.5 Å². The van der Waals surface area contributed by atoms with Crippen LogP contribution >= 0.6 is 0 Å². The largest absolute Gasteiger partial charge is 0.453 e. The lowest BCUT2D eigenvalue weighted by molar-refractivity contribution is -0.00730. The molecule has 2 saturated heterocycles. The van der Waals surface area contributed by atoms with Crippen LogP contribution in [0.4, 0.5) is 9.18 Å². The second-order valence-electron chi connectivity index (χ2n) is 5.96. The highest BCUT2D eigenvalue weighted by molar-refractivity contribution is 5.69. The number of aliphatic hydroxyl groups is 1. The average molecular weight is 303 g/mol. The van der Waals surface area contributed by atoms with Crippen LogP contribution < -0.4 is 0 Å². The van der Waals surface area contributed by atoms with E-state index in [-0.39, 0.29) is 24.0 Å². The Morgan fingerprint density at radius 2 is 1.91 bits per heavy atom. The van der Waals surface area contributed by atoms with Gasteiger partial charge < -0.3 is 14.7 Å². The van der Waals surface area contributed by atoms with Crippen molar-refractivity contribution < 1.29 is 19.0 Å². The van der Waals surface area contributed by atoms with E-state index in [2.05, 4.69) is 11.8 Å². The number of carbonyl (C=O) groups excluding carboxylic acids is 1. The molecule has 3 atom stereocenters. The minimum Gasteiger partial charge on any atom is -0.453 e. The van der Waals surface area contributed by atoms with Gasteiger partial charge in [0.15, 0.2) is 0 Å². The van der Waals surface area contributed by atoms with E-state index < -0.39 is 5.60 Å². The Kier molecular flexibility index (Phi) is 3.79. The fourth-order valence-electron chi connectivity index (χ4n) is 3.45. The normalized spacial score (nSPS) is 29.7. The van der Waals surface area contributed by atoms with E-state index in [4.69, 9.17) is 4.74 Å². The molecule has 1 N–H and O–H groups in total. The third-order valence-corrected chi connectivity index (χ3v) is 4.44. The van der Waals surface area contributed by atoms with Gasteiger partial charge >= 0.3 is 6.09 Å². The smallest absolute Gasteiger partial charge is 0.409 e. The van der Waals surface area contributed by atoms with Crippen molar-refractivity contribution in [1.29, 1.82) is 0 Å². The molecule has 3 rings (SSSR count). The minimum absolute atomic E-state index is 0.0290. The third kappa shape index (κ3) is 2.79. The molecule has 0 aliphatic carbocycles. The van der Waals surface area contributed by atoms with Crippen molar-refractivity contribution in [2.24, 2.45) is 0 Å². The summed E-state index contributed by atoms with van der Waals surface area (Å²) in [7, 11) is 1.37.